The number of hydrogen-bond acceptors (Lipinski definition) is 2. The molecule has 13 heavy (non-hydrogen) atoms. The molecule has 1 nitrogen and oxygen atoms in total. The van der Waals surface area contributed by atoms with Crippen molar-refractivity contribution in [2.75, 3.05) is 7.05 Å². The van der Waals surface area contributed by atoms with Gasteiger partial charge < -0.3 is 5.32 Å². The van der Waals surface area contributed by atoms with E-state index in [0.717, 1.165) is 0 Å². The molecular weight excluding hydrogens is 246 g/mol. The summed E-state index contributed by atoms with van der Waals surface area (Å²) < 4.78 is 1.19. The molecule has 1 heterocycles. The van der Waals surface area contributed by atoms with E-state index in [1.54, 1.807) is 11.3 Å². The van der Waals surface area contributed by atoms with Gasteiger partial charge in [-0.25, -0.2) is 0 Å². The molecule has 0 saturated carbocycles. The van der Waals surface area contributed by atoms with Crippen LogP contribution in [0.1, 0.15) is 24.8 Å². The first-order valence-electron chi connectivity index (χ1n) is 4.21. The van der Waals surface area contributed by atoms with E-state index >= 15 is 0 Å². The molecule has 0 amide bonds. The van der Waals surface area contributed by atoms with E-state index in [-0.39, 0.29) is 0 Å². The van der Waals surface area contributed by atoms with Crippen LogP contribution < -0.4 is 5.32 Å². The van der Waals surface area contributed by atoms with Crippen LogP contribution in [0.15, 0.2) is 27.6 Å². The average Bonchev–Trinajstić information content (AvgIpc) is 2.47. The van der Waals surface area contributed by atoms with Gasteiger partial charge in [0.2, 0.25) is 0 Å². The normalized spacial score (nSPS) is 12.6. The van der Waals surface area contributed by atoms with Gasteiger partial charge in [0.05, 0.1) is 9.83 Å². The first-order chi connectivity index (χ1) is 6.13. The lowest BCUT2D eigenvalue weighted by atomic mass is 10.2. The fourth-order valence-corrected chi connectivity index (χ4v) is 2.64. The molecule has 0 aromatic carbocycles. The molecule has 0 aliphatic carbocycles. The lowest BCUT2D eigenvalue weighted by molar-refractivity contribution is 0.722. The average molecular weight is 260 g/mol. The Morgan fingerprint density at radius 2 is 2.23 bits per heavy atom. The van der Waals surface area contributed by atoms with Gasteiger partial charge in [0, 0.05) is 4.88 Å². The van der Waals surface area contributed by atoms with Crippen LogP contribution >= 0.6 is 27.3 Å². The molecule has 0 radical (unpaired) electrons. The van der Waals surface area contributed by atoms with Gasteiger partial charge in [-0.05, 0) is 49.0 Å². The van der Waals surface area contributed by atoms with Crippen LogP contribution in [0.5, 0.6) is 0 Å². The second kappa shape index (κ2) is 4.94. The van der Waals surface area contributed by atoms with Gasteiger partial charge in [-0.15, -0.1) is 11.3 Å². The van der Waals surface area contributed by atoms with Gasteiger partial charge in [-0.1, -0.05) is 11.6 Å². The van der Waals surface area contributed by atoms with Crippen LogP contribution in [-0.2, 0) is 0 Å². The van der Waals surface area contributed by atoms with Gasteiger partial charge in [0.15, 0.2) is 0 Å². The Balaban J connectivity index is 2.84. The van der Waals surface area contributed by atoms with Crippen molar-refractivity contribution in [3.05, 3.63) is 32.4 Å². The fraction of sp³-hybridized carbons (Fsp3) is 0.400. The molecule has 1 unspecified atom stereocenters. The van der Waals surface area contributed by atoms with Crippen LogP contribution in [0.25, 0.3) is 0 Å². The Hall–Kier alpha value is -0.120. The Kier molecular flexibility index (Phi) is 4.16. The van der Waals surface area contributed by atoms with E-state index < -0.39 is 0 Å². The van der Waals surface area contributed by atoms with Gasteiger partial charge >= 0.3 is 0 Å². The van der Waals surface area contributed by atoms with Crippen LogP contribution in [0.2, 0.25) is 0 Å². The molecular formula is C10H14BrNS. The van der Waals surface area contributed by atoms with Crippen molar-refractivity contribution in [3.8, 4) is 0 Å². The van der Waals surface area contributed by atoms with Crippen LogP contribution in [0, 0.1) is 0 Å². The summed E-state index contributed by atoms with van der Waals surface area (Å²) in [6.45, 7) is 4.24. The molecule has 0 bridgehead atoms. The molecule has 0 spiro atoms. The second-order valence-corrected chi connectivity index (χ2v) is 5.65. The van der Waals surface area contributed by atoms with E-state index in [1.807, 2.05) is 7.05 Å². The Bertz CT molecular complexity index is 300. The highest BCUT2D eigenvalue weighted by Gasteiger charge is 2.07. The summed E-state index contributed by atoms with van der Waals surface area (Å²) in [5.74, 6) is 0. The molecule has 1 aromatic heterocycles. The summed E-state index contributed by atoms with van der Waals surface area (Å²) >= 11 is 5.24. The third-order valence-electron chi connectivity index (χ3n) is 1.71. The summed E-state index contributed by atoms with van der Waals surface area (Å²) in [5.41, 5.74) is 1.34. The maximum Gasteiger partial charge on any atom is 0.0702 e. The largest absolute Gasteiger partial charge is 0.309 e. The zero-order valence-corrected chi connectivity index (χ0v) is 10.5. The molecule has 0 aliphatic rings. The van der Waals surface area contributed by atoms with Crippen LogP contribution in [0.4, 0.5) is 0 Å². The number of hydrogen-bond donors (Lipinski definition) is 1. The summed E-state index contributed by atoms with van der Waals surface area (Å²) in [4.78, 5) is 1.34. The summed E-state index contributed by atoms with van der Waals surface area (Å²) in [5, 5.41) is 3.28. The van der Waals surface area contributed by atoms with E-state index in [2.05, 4.69) is 53.3 Å². The Morgan fingerprint density at radius 1 is 1.54 bits per heavy atom. The van der Waals surface area contributed by atoms with Gasteiger partial charge in [-0.3, -0.25) is 0 Å². The van der Waals surface area contributed by atoms with E-state index in [1.165, 1.54) is 14.2 Å². The SMILES string of the molecule is CNC(C=C(C)C)c1ccc(Br)s1. The highest BCUT2D eigenvalue weighted by atomic mass is 79.9. The molecule has 72 valence electrons. The number of nitrogens with one attached hydrogen (secondary N) is 1. The third-order valence-corrected chi connectivity index (χ3v) is 3.42. The monoisotopic (exact) mass is 259 g/mol. The number of thiophene rings is 1. The molecule has 1 atom stereocenters. The van der Waals surface area contributed by atoms with Crippen LogP contribution in [0.3, 0.4) is 0 Å². The Morgan fingerprint density at radius 3 is 2.62 bits per heavy atom. The predicted octanol–water partition coefficient (Wildman–Crippen LogP) is 3.74. The zero-order valence-electron chi connectivity index (χ0n) is 8.10. The van der Waals surface area contributed by atoms with Crippen molar-refractivity contribution in [2.24, 2.45) is 0 Å². The lowest BCUT2D eigenvalue weighted by Gasteiger charge is -2.09. The van der Waals surface area contributed by atoms with Gasteiger partial charge in [0.25, 0.3) is 0 Å². The summed E-state index contributed by atoms with van der Waals surface area (Å²) in [6, 6.07) is 4.58. The highest BCUT2D eigenvalue weighted by molar-refractivity contribution is 9.11. The molecule has 3 heteroatoms. The minimum absolute atomic E-state index is 0.348. The molecule has 0 fully saturated rings. The molecule has 0 aliphatic heterocycles. The Labute approximate surface area is 92.0 Å². The maximum absolute atomic E-state index is 3.47. The third kappa shape index (κ3) is 3.25. The first-order valence-corrected chi connectivity index (χ1v) is 5.82. The predicted molar refractivity (Wildman–Crippen MR) is 63.3 cm³/mol. The van der Waals surface area contributed by atoms with Crippen molar-refractivity contribution < 1.29 is 0 Å². The standard InChI is InChI=1S/C10H14BrNS/c1-7(2)6-8(12-3)9-4-5-10(11)13-9/h4-6,8,12H,1-3H3. The fourth-order valence-electron chi connectivity index (χ4n) is 1.14. The zero-order chi connectivity index (χ0) is 9.84. The van der Waals surface area contributed by atoms with E-state index in [0.29, 0.717) is 6.04 Å². The second-order valence-electron chi connectivity index (χ2n) is 3.15. The van der Waals surface area contributed by atoms with Crippen LogP contribution in [-0.4, -0.2) is 7.05 Å². The minimum Gasteiger partial charge on any atom is -0.309 e. The molecule has 1 aromatic rings. The quantitative estimate of drug-likeness (QED) is 0.816. The highest BCUT2D eigenvalue weighted by Crippen LogP contribution is 2.28. The molecule has 1 rings (SSSR count). The van der Waals surface area contributed by atoms with Crippen molar-refractivity contribution in [1.29, 1.82) is 0 Å². The van der Waals surface area contributed by atoms with E-state index in [4.69, 9.17) is 0 Å². The van der Waals surface area contributed by atoms with E-state index in [9.17, 15) is 0 Å². The van der Waals surface area contributed by atoms with Crippen molar-refractivity contribution in [1.82, 2.24) is 5.32 Å². The molecule has 1 N–H and O–H groups in total. The number of allylic oxidation sites excluding steroid dienone is 1. The van der Waals surface area contributed by atoms with Gasteiger partial charge in [-0.2, -0.15) is 0 Å². The number of likely N-dealkylation sites (N-methyl/N-ethyl adjacent to an activating group) is 1. The number of halogens is 1. The maximum atomic E-state index is 3.47. The summed E-state index contributed by atoms with van der Waals surface area (Å²) in [6.07, 6.45) is 2.23. The first kappa shape index (κ1) is 11.0. The topological polar surface area (TPSA) is 12.0 Å². The number of rotatable bonds is 3. The minimum atomic E-state index is 0.348. The summed E-state index contributed by atoms with van der Waals surface area (Å²) in [7, 11) is 1.98. The van der Waals surface area contributed by atoms with Gasteiger partial charge in [0.1, 0.15) is 0 Å². The van der Waals surface area contributed by atoms with Crippen molar-refractivity contribution >= 4 is 27.3 Å². The smallest absolute Gasteiger partial charge is 0.0702 e. The van der Waals surface area contributed by atoms with Crippen molar-refractivity contribution in [2.45, 2.75) is 19.9 Å². The molecule has 0 saturated heterocycles. The van der Waals surface area contributed by atoms with Crippen molar-refractivity contribution in [3.63, 3.8) is 0 Å². The lowest BCUT2D eigenvalue weighted by Crippen LogP contribution is -2.12.